The molecule has 1 aromatic carbocycles. The fourth-order valence-electron chi connectivity index (χ4n) is 2.89. The van der Waals surface area contributed by atoms with Gasteiger partial charge in [0.2, 0.25) is 11.8 Å². The molecule has 120 valence electrons. The van der Waals surface area contributed by atoms with E-state index in [2.05, 4.69) is 19.2 Å². The van der Waals surface area contributed by atoms with E-state index in [-0.39, 0.29) is 23.8 Å². The van der Waals surface area contributed by atoms with Crippen LogP contribution in [0.4, 0.5) is 5.69 Å². The molecule has 4 nitrogen and oxygen atoms in total. The number of anilines is 1. The first-order valence-corrected chi connectivity index (χ1v) is 8.10. The average molecular weight is 302 g/mol. The van der Waals surface area contributed by atoms with E-state index in [4.69, 9.17) is 0 Å². The summed E-state index contributed by atoms with van der Waals surface area (Å²) >= 11 is 0. The molecule has 0 saturated carbocycles. The number of nitrogens with zero attached hydrogens (tertiary/aromatic N) is 1. The van der Waals surface area contributed by atoms with Crippen LogP contribution in [0.1, 0.15) is 44.2 Å². The first-order valence-electron chi connectivity index (χ1n) is 8.10. The standard InChI is InChI=1S/C18H26N2O2/c1-5-6-14(4)19-18(22)15-10-17(21)20(11-15)16-8-7-12(2)13(3)9-16/h7-9,14-15H,5-6,10-11H2,1-4H3,(H,19,22). The number of carbonyl (C=O) groups is 2. The number of carbonyl (C=O) groups excluding carboxylic acids is 2. The molecular weight excluding hydrogens is 276 g/mol. The molecule has 4 heteroatoms. The molecule has 0 radical (unpaired) electrons. The molecule has 0 aliphatic carbocycles. The van der Waals surface area contributed by atoms with Gasteiger partial charge in [-0.15, -0.1) is 0 Å². The lowest BCUT2D eigenvalue weighted by Crippen LogP contribution is -2.38. The van der Waals surface area contributed by atoms with Gasteiger partial charge in [0.1, 0.15) is 0 Å². The lowest BCUT2D eigenvalue weighted by Gasteiger charge is -2.19. The summed E-state index contributed by atoms with van der Waals surface area (Å²) < 4.78 is 0. The Morgan fingerprint density at radius 3 is 2.73 bits per heavy atom. The van der Waals surface area contributed by atoms with E-state index in [0.29, 0.717) is 13.0 Å². The molecule has 1 N–H and O–H groups in total. The Bertz CT molecular complexity index is 568. The molecule has 2 unspecified atom stereocenters. The van der Waals surface area contributed by atoms with Crippen LogP contribution in [0.5, 0.6) is 0 Å². The molecule has 1 aromatic rings. The molecular formula is C18H26N2O2. The minimum absolute atomic E-state index is 0.000587. The highest BCUT2D eigenvalue weighted by Crippen LogP contribution is 2.27. The van der Waals surface area contributed by atoms with Gasteiger partial charge in [-0.2, -0.15) is 0 Å². The summed E-state index contributed by atoms with van der Waals surface area (Å²) in [6.45, 7) is 8.68. The van der Waals surface area contributed by atoms with Gasteiger partial charge in [0.25, 0.3) is 0 Å². The van der Waals surface area contributed by atoms with Crippen molar-refractivity contribution in [3.8, 4) is 0 Å². The Morgan fingerprint density at radius 1 is 1.36 bits per heavy atom. The van der Waals surface area contributed by atoms with Crippen molar-refractivity contribution >= 4 is 17.5 Å². The molecule has 22 heavy (non-hydrogen) atoms. The van der Waals surface area contributed by atoms with Gasteiger partial charge in [0.15, 0.2) is 0 Å². The summed E-state index contributed by atoms with van der Waals surface area (Å²) in [5.74, 6) is -0.208. The molecule has 0 spiro atoms. The minimum Gasteiger partial charge on any atom is -0.353 e. The van der Waals surface area contributed by atoms with Crippen LogP contribution in [-0.2, 0) is 9.59 Å². The number of nitrogens with one attached hydrogen (secondary N) is 1. The third-order valence-electron chi connectivity index (χ3n) is 4.41. The van der Waals surface area contributed by atoms with E-state index in [1.54, 1.807) is 4.90 Å². The topological polar surface area (TPSA) is 49.4 Å². The minimum atomic E-state index is -0.242. The van der Waals surface area contributed by atoms with Gasteiger partial charge in [-0.1, -0.05) is 19.4 Å². The van der Waals surface area contributed by atoms with E-state index in [9.17, 15) is 9.59 Å². The van der Waals surface area contributed by atoms with Gasteiger partial charge >= 0.3 is 0 Å². The fourth-order valence-corrected chi connectivity index (χ4v) is 2.89. The van der Waals surface area contributed by atoms with Crippen LogP contribution >= 0.6 is 0 Å². The Morgan fingerprint density at radius 2 is 2.09 bits per heavy atom. The highest BCUT2D eigenvalue weighted by Gasteiger charge is 2.35. The maximum atomic E-state index is 12.3. The SMILES string of the molecule is CCCC(C)NC(=O)C1CC(=O)N(c2ccc(C)c(C)c2)C1. The summed E-state index contributed by atoms with van der Waals surface area (Å²) in [6.07, 6.45) is 2.31. The van der Waals surface area contributed by atoms with Crippen LogP contribution in [0.2, 0.25) is 0 Å². The van der Waals surface area contributed by atoms with Gasteiger partial charge in [0.05, 0.1) is 5.92 Å². The Hall–Kier alpha value is -1.84. The molecule has 0 bridgehead atoms. The van der Waals surface area contributed by atoms with Gasteiger partial charge in [-0.25, -0.2) is 0 Å². The molecule has 1 fully saturated rings. The molecule has 2 rings (SSSR count). The molecule has 1 saturated heterocycles. The van der Waals surface area contributed by atoms with E-state index in [1.165, 1.54) is 5.56 Å². The second-order valence-electron chi connectivity index (χ2n) is 6.37. The van der Waals surface area contributed by atoms with Crippen molar-refractivity contribution in [1.29, 1.82) is 0 Å². The van der Waals surface area contributed by atoms with Crippen molar-refractivity contribution in [2.24, 2.45) is 5.92 Å². The zero-order valence-corrected chi connectivity index (χ0v) is 14.0. The Kier molecular flexibility index (Phi) is 5.22. The van der Waals surface area contributed by atoms with E-state index >= 15 is 0 Å². The number of amides is 2. The predicted molar refractivity (Wildman–Crippen MR) is 88.9 cm³/mol. The van der Waals surface area contributed by atoms with Crippen molar-refractivity contribution in [1.82, 2.24) is 5.32 Å². The van der Waals surface area contributed by atoms with Crippen LogP contribution in [0, 0.1) is 19.8 Å². The zero-order valence-electron chi connectivity index (χ0n) is 14.0. The molecule has 1 heterocycles. The molecule has 1 aliphatic rings. The Balaban J connectivity index is 2.04. The summed E-state index contributed by atoms with van der Waals surface area (Å²) in [4.78, 5) is 26.3. The monoisotopic (exact) mass is 302 g/mol. The van der Waals surface area contributed by atoms with Crippen molar-refractivity contribution in [3.05, 3.63) is 29.3 Å². The van der Waals surface area contributed by atoms with E-state index in [1.807, 2.05) is 32.0 Å². The van der Waals surface area contributed by atoms with E-state index in [0.717, 1.165) is 24.1 Å². The number of rotatable bonds is 5. The number of benzene rings is 1. The Labute approximate surface area is 132 Å². The third-order valence-corrected chi connectivity index (χ3v) is 4.41. The van der Waals surface area contributed by atoms with Gasteiger partial charge < -0.3 is 10.2 Å². The van der Waals surface area contributed by atoms with Gasteiger partial charge in [-0.3, -0.25) is 9.59 Å². The number of hydrogen-bond donors (Lipinski definition) is 1. The van der Waals surface area contributed by atoms with Crippen molar-refractivity contribution in [2.75, 3.05) is 11.4 Å². The van der Waals surface area contributed by atoms with Crippen LogP contribution < -0.4 is 10.2 Å². The second kappa shape index (κ2) is 6.95. The van der Waals surface area contributed by atoms with E-state index < -0.39 is 0 Å². The summed E-state index contributed by atoms with van der Waals surface area (Å²) in [5.41, 5.74) is 3.26. The summed E-state index contributed by atoms with van der Waals surface area (Å²) in [5, 5.41) is 3.02. The van der Waals surface area contributed by atoms with Crippen LogP contribution in [0.3, 0.4) is 0 Å². The smallest absolute Gasteiger partial charge is 0.227 e. The molecule has 1 aliphatic heterocycles. The first kappa shape index (κ1) is 16.5. The number of hydrogen-bond acceptors (Lipinski definition) is 2. The molecule has 2 atom stereocenters. The first-order chi connectivity index (χ1) is 10.4. The van der Waals surface area contributed by atoms with Gasteiger partial charge in [0, 0.05) is 24.7 Å². The quantitative estimate of drug-likeness (QED) is 0.909. The average Bonchev–Trinajstić information content (AvgIpc) is 2.84. The lowest BCUT2D eigenvalue weighted by molar-refractivity contribution is -0.126. The normalized spacial score (nSPS) is 19.4. The summed E-state index contributed by atoms with van der Waals surface area (Å²) in [6, 6.07) is 6.17. The third kappa shape index (κ3) is 3.67. The molecule has 0 aromatic heterocycles. The second-order valence-corrected chi connectivity index (χ2v) is 6.37. The highest BCUT2D eigenvalue weighted by atomic mass is 16.2. The van der Waals surface area contributed by atoms with Crippen LogP contribution in [0.25, 0.3) is 0 Å². The summed E-state index contributed by atoms with van der Waals surface area (Å²) in [7, 11) is 0. The van der Waals surface area contributed by atoms with Crippen LogP contribution in [-0.4, -0.2) is 24.4 Å². The maximum absolute atomic E-state index is 12.3. The number of aryl methyl sites for hydroxylation is 2. The fraction of sp³-hybridized carbons (Fsp3) is 0.556. The van der Waals surface area contributed by atoms with Crippen LogP contribution in [0.15, 0.2) is 18.2 Å². The van der Waals surface area contributed by atoms with Crippen molar-refractivity contribution < 1.29 is 9.59 Å². The lowest BCUT2D eigenvalue weighted by atomic mass is 10.1. The molecule has 2 amide bonds. The largest absolute Gasteiger partial charge is 0.353 e. The van der Waals surface area contributed by atoms with Crippen molar-refractivity contribution in [3.63, 3.8) is 0 Å². The van der Waals surface area contributed by atoms with Gasteiger partial charge in [-0.05, 0) is 50.5 Å². The highest BCUT2D eigenvalue weighted by molar-refractivity contribution is 6.00. The van der Waals surface area contributed by atoms with Crippen molar-refractivity contribution in [2.45, 2.75) is 53.0 Å². The maximum Gasteiger partial charge on any atom is 0.227 e. The zero-order chi connectivity index (χ0) is 16.3. The predicted octanol–water partition coefficient (Wildman–Crippen LogP) is 2.96.